The van der Waals surface area contributed by atoms with E-state index in [9.17, 15) is 38.7 Å². The third-order valence-corrected chi connectivity index (χ3v) is 19.9. The van der Waals surface area contributed by atoms with Gasteiger partial charge in [0.25, 0.3) is 0 Å². The van der Waals surface area contributed by atoms with E-state index in [4.69, 9.17) is 59.8 Å². The standard InChI is InChI=1S/C35H45N5O6S.C33H44N4O7S.C7H11NO2.2ClH/c1-9-20-15-35(20,32(43)45-8)16-28(41)27-13-22(17-40(27)31(42)30(36)34(4,5)6)46-29-14-25(26-18-47-33(39-26)37-19(2)3)38-24-12-21(44-7)10-11-23(24)29;1-18(2)34-31-36-25(17-45-31)24-15-27(21-11-10-19(42-9)12-23(21)35-24)43-20-13-26(30(40)41)37(16-20)29(39)22(32(3,4)5)14-28(38)44-33(6,7)8;1-3-5-4-7(5,8)6(9)10-2;;/h9-12,14,18-20,22,27,30H,1,13,15-17,36H2,2-8H3,(H,37,39);10-12,15,17-18,20,22,26H,13-14,16H2,1-9H3,(H,34,36)(H,40,41);3,5H,1,4,8H2,2H3;2*1H/t20-,22-,27+,30-,35-;20-,22-,26+;5-,7-;;/m111../s1. The number of hydrogen-bond donors (Lipinski definition) is 5. The van der Waals surface area contributed by atoms with E-state index in [2.05, 4.69) is 28.5 Å². The second-order valence-corrected chi connectivity index (χ2v) is 31.9. The fraction of sp³-hybridized carbons (Fsp3) is 0.533. The number of halogens is 2. The topological polar surface area (TPSA) is 338 Å². The van der Waals surface area contributed by atoms with Crippen molar-refractivity contribution in [3.05, 3.63) is 84.6 Å². The first-order valence-electron chi connectivity index (χ1n) is 34.1. The highest BCUT2D eigenvalue weighted by Gasteiger charge is 2.62. The molecule has 7 N–H and O–H groups in total. The highest BCUT2D eigenvalue weighted by Crippen LogP contribution is 2.57. The third kappa shape index (κ3) is 20.2. The molecule has 4 fully saturated rings. The number of allylic oxidation sites excluding steroid dienone is 1. The van der Waals surface area contributed by atoms with E-state index >= 15 is 0 Å². The summed E-state index contributed by atoms with van der Waals surface area (Å²) >= 11 is 2.96. The number of anilines is 2. The number of aromatic nitrogens is 4. The predicted octanol–water partition coefficient (Wildman–Crippen LogP) is 12.2. The van der Waals surface area contributed by atoms with Crippen LogP contribution in [0, 0.1) is 34.0 Å². The second kappa shape index (κ2) is 34.4. The van der Waals surface area contributed by atoms with Crippen LogP contribution in [-0.2, 0) is 47.8 Å². The molecule has 0 bridgehead atoms. The number of esters is 3. The number of hydrogen-bond acceptors (Lipinski definition) is 24. The fourth-order valence-corrected chi connectivity index (χ4v) is 14.2. The minimum Gasteiger partial charge on any atom is -0.497 e. The molecule has 2 aromatic carbocycles. The number of ketones is 1. The Kier molecular flexibility index (Phi) is 28.0. The van der Waals surface area contributed by atoms with E-state index in [1.54, 1.807) is 65.3 Å². The number of thiazole rings is 2. The molecule has 4 aromatic heterocycles. The Morgan fingerprint density at radius 3 is 1.49 bits per heavy atom. The summed E-state index contributed by atoms with van der Waals surface area (Å²) in [5.74, 6) is -1.90. The Bertz CT molecular complexity index is 4110. The molecule has 0 radical (unpaired) electrons. The van der Waals surface area contributed by atoms with Gasteiger partial charge in [0.05, 0.1) is 93.8 Å². The van der Waals surface area contributed by atoms with Crippen molar-refractivity contribution in [2.45, 2.75) is 182 Å². The Labute approximate surface area is 629 Å². The zero-order valence-corrected chi connectivity index (χ0v) is 65.7. The Hall–Kier alpha value is -8.21. The van der Waals surface area contributed by atoms with Crippen molar-refractivity contribution in [1.82, 2.24) is 29.7 Å². The van der Waals surface area contributed by atoms with Gasteiger partial charge in [0, 0.05) is 83.1 Å². The minimum atomic E-state index is -1.13. The van der Waals surface area contributed by atoms with Gasteiger partial charge in [-0.1, -0.05) is 53.7 Å². The Morgan fingerprint density at radius 2 is 1.11 bits per heavy atom. The summed E-state index contributed by atoms with van der Waals surface area (Å²) < 4.78 is 39.1. The number of nitrogens with zero attached hydrogens (tertiary/aromatic N) is 6. The van der Waals surface area contributed by atoms with Crippen LogP contribution in [0.3, 0.4) is 0 Å². The van der Waals surface area contributed by atoms with Crippen molar-refractivity contribution in [2.75, 3.05) is 52.2 Å². The van der Waals surface area contributed by atoms with Crippen molar-refractivity contribution < 1.29 is 71.8 Å². The van der Waals surface area contributed by atoms with Gasteiger partial charge in [-0.2, -0.15) is 0 Å². The number of carbonyl (C=O) groups is 7. The summed E-state index contributed by atoms with van der Waals surface area (Å²) in [6.07, 6.45) is 3.50. The molecule has 25 nitrogen and oxygen atoms in total. The molecule has 4 aliphatic rings. The van der Waals surface area contributed by atoms with Gasteiger partial charge in [0.15, 0.2) is 16.0 Å². The number of Topliss-reactive ketones (excluding diaryl/α,β-unsaturated/α-hetero) is 1. The molecule has 29 heteroatoms. The molecule has 0 spiro atoms. The number of aliphatic carboxylic acids is 1. The third-order valence-electron chi connectivity index (χ3n) is 18.4. The molecular formula is C75H102Cl2N10O15S2. The zero-order valence-electron chi connectivity index (χ0n) is 62.4. The summed E-state index contributed by atoms with van der Waals surface area (Å²) in [6, 6.07) is 12.3. The number of rotatable bonds is 24. The van der Waals surface area contributed by atoms with Crippen molar-refractivity contribution in [1.29, 1.82) is 0 Å². The summed E-state index contributed by atoms with van der Waals surface area (Å²) in [7, 11) is 5.84. The van der Waals surface area contributed by atoms with Crippen LogP contribution in [-0.4, -0.2) is 171 Å². The number of benzene rings is 2. The number of carboxylic acid groups (broad SMARTS) is 1. The largest absolute Gasteiger partial charge is 0.497 e. The predicted molar refractivity (Wildman–Crippen MR) is 408 cm³/mol. The molecule has 10 atom stereocenters. The maximum atomic E-state index is 14.0. The molecule has 2 saturated carbocycles. The highest BCUT2D eigenvalue weighted by molar-refractivity contribution is 7.14. The highest BCUT2D eigenvalue weighted by atomic mass is 35.5. The lowest BCUT2D eigenvalue weighted by Gasteiger charge is -2.34. The molecular weight excluding hydrogens is 1420 g/mol. The van der Waals surface area contributed by atoms with Gasteiger partial charge in [0.2, 0.25) is 11.8 Å². The molecule has 10 rings (SSSR count). The molecule has 6 heterocycles. The van der Waals surface area contributed by atoms with Crippen molar-refractivity contribution >= 4 is 121 Å². The van der Waals surface area contributed by atoms with Gasteiger partial charge >= 0.3 is 23.9 Å². The summed E-state index contributed by atoms with van der Waals surface area (Å²) in [6.45, 7) is 32.3. The van der Waals surface area contributed by atoms with Gasteiger partial charge in [-0.05, 0) is 102 Å². The molecule has 568 valence electrons. The minimum absolute atomic E-state index is 0. The van der Waals surface area contributed by atoms with Crippen LogP contribution < -0.4 is 41.0 Å². The maximum Gasteiger partial charge on any atom is 0.326 e. The van der Waals surface area contributed by atoms with Gasteiger partial charge in [-0.25, -0.2) is 24.7 Å². The van der Waals surface area contributed by atoms with E-state index in [0.29, 0.717) is 75.0 Å². The number of carboxylic acids is 1. The average Bonchev–Trinajstić information content (AvgIpc) is 1.58. The lowest BCUT2D eigenvalue weighted by atomic mass is 9.77. The van der Waals surface area contributed by atoms with E-state index in [-0.39, 0.29) is 105 Å². The lowest BCUT2D eigenvalue weighted by molar-refractivity contribution is -0.161. The van der Waals surface area contributed by atoms with Crippen molar-refractivity contribution in [2.24, 2.45) is 45.5 Å². The van der Waals surface area contributed by atoms with E-state index in [1.807, 2.05) is 110 Å². The molecule has 6 aromatic rings. The van der Waals surface area contributed by atoms with E-state index in [0.717, 1.165) is 15.6 Å². The zero-order chi connectivity index (χ0) is 75.3. The van der Waals surface area contributed by atoms with E-state index in [1.165, 1.54) is 46.7 Å². The van der Waals surface area contributed by atoms with Crippen molar-refractivity contribution in [3.8, 4) is 45.8 Å². The summed E-state index contributed by atoms with van der Waals surface area (Å²) in [5.41, 5.74) is 12.3. The SMILES string of the molecule is C=C[C@@H]1C[C@]1(CC(=O)[C@@H]1C[C@@H](Oc2cc(-c3csc(NC(C)C)n3)nc3cc(OC)ccc23)CN1C(=O)[C@@H](N)C(C)(C)C)C(=O)OC.C=C[C@@H]1C[C@]1(N)C(=O)OC.COc1ccc2c(O[C@@H]3C[C@@H](C(=O)O)N(C(=O)[C@@H](CC(=O)OC(C)(C)C)C(C)(C)C)C3)cc(-c3csc(NC(C)C)n3)nc2c1.Cl.Cl. The van der Waals surface area contributed by atoms with Gasteiger partial charge in [-0.3, -0.25) is 28.8 Å². The fourth-order valence-electron chi connectivity index (χ4n) is 12.5. The first-order chi connectivity index (χ1) is 47.8. The van der Waals surface area contributed by atoms with Gasteiger partial charge in [0.1, 0.15) is 63.8 Å². The number of carbonyl (C=O) groups excluding carboxylic acids is 6. The molecule has 2 saturated heterocycles. The number of ether oxygens (including phenoxy) is 7. The first-order valence-corrected chi connectivity index (χ1v) is 35.9. The number of nitrogens with one attached hydrogen (secondary N) is 2. The lowest BCUT2D eigenvalue weighted by Crippen LogP contribution is -2.53. The second-order valence-electron chi connectivity index (χ2n) is 30.2. The molecule has 2 aliphatic carbocycles. The maximum absolute atomic E-state index is 14.0. The molecule has 2 amide bonds. The van der Waals surface area contributed by atoms with Crippen LogP contribution in [0.4, 0.5) is 10.3 Å². The van der Waals surface area contributed by atoms with Crippen molar-refractivity contribution in [3.63, 3.8) is 0 Å². The Balaban J connectivity index is 0.000000283. The van der Waals surface area contributed by atoms with Crippen LogP contribution >= 0.6 is 47.5 Å². The number of pyridine rings is 2. The number of methoxy groups -OCH3 is 4. The Morgan fingerprint density at radius 1 is 0.644 bits per heavy atom. The summed E-state index contributed by atoms with van der Waals surface area (Å²) in [4.78, 5) is 113. The smallest absolute Gasteiger partial charge is 0.326 e. The number of likely N-dealkylation sites (tertiary alicyclic amines) is 2. The van der Waals surface area contributed by atoms with Crippen LogP contribution in [0.1, 0.15) is 129 Å². The van der Waals surface area contributed by atoms with Crippen LogP contribution in [0.5, 0.6) is 23.0 Å². The van der Waals surface area contributed by atoms with Gasteiger partial charge < -0.3 is 70.2 Å². The van der Waals surface area contributed by atoms with E-state index < -0.39 is 87.5 Å². The molecule has 2 aliphatic heterocycles. The van der Waals surface area contributed by atoms with Crippen LogP contribution in [0.2, 0.25) is 0 Å². The first kappa shape index (κ1) is 84.7. The molecule has 104 heavy (non-hydrogen) atoms. The van der Waals surface area contributed by atoms with Crippen LogP contribution in [0.15, 0.2) is 84.6 Å². The molecule has 0 unspecified atom stereocenters. The number of amides is 2. The van der Waals surface area contributed by atoms with Crippen LogP contribution in [0.25, 0.3) is 44.6 Å². The van der Waals surface area contributed by atoms with Gasteiger partial charge in [-0.15, -0.1) is 60.6 Å². The average molecular weight is 1520 g/mol. The number of nitrogens with two attached hydrogens (primary N) is 2. The quantitative estimate of drug-likeness (QED) is 0.0213. The monoisotopic (exact) mass is 1520 g/mol. The summed E-state index contributed by atoms with van der Waals surface area (Å²) in [5, 5.41) is 23.6. The normalized spacial score (nSPS) is 21.6. The number of fused-ring (bicyclic) bond motifs is 2.